The van der Waals surface area contributed by atoms with Crippen LogP contribution in [0.1, 0.15) is 29.2 Å². The van der Waals surface area contributed by atoms with Crippen LogP contribution in [0.25, 0.3) is 0 Å². The van der Waals surface area contributed by atoms with Crippen molar-refractivity contribution >= 4 is 11.3 Å². The zero-order valence-electron chi connectivity index (χ0n) is 12.5. The number of hydrogen-bond donors (Lipinski definition) is 1. The quantitative estimate of drug-likeness (QED) is 0.899. The van der Waals surface area contributed by atoms with Crippen molar-refractivity contribution in [1.82, 2.24) is 9.80 Å². The van der Waals surface area contributed by atoms with Crippen molar-refractivity contribution in [2.24, 2.45) is 11.7 Å². The van der Waals surface area contributed by atoms with Crippen LogP contribution >= 0.6 is 11.3 Å². The Labute approximate surface area is 121 Å². The van der Waals surface area contributed by atoms with E-state index in [2.05, 4.69) is 36.6 Å². The maximum atomic E-state index is 5.72. The highest BCUT2D eigenvalue weighted by molar-refractivity contribution is 7.12. The Morgan fingerprint density at radius 2 is 1.84 bits per heavy atom. The fourth-order valence-electron chi connectivity index (χ4n) is 2.73. The summed E-state index contributed by atoms with van der Waals surface area (Å²) in [4.78, 5) is 7.91. The van der Waals surface area contributed by atoms with Gasteiger partial charge in [0.2, 0.25) is 0 Å². The van der Waals surface area contributed by atoms with Crippen LogP contribution in [0, 0.1) is 12.8 Å². The first-order valence-electron chi connectivity index (χ1n) is 7.31. The Kier molecular flexibility index (Phi) is 5.39. The summed E-state index contributed by atoms with van der Waals surface area (Å²) in [5.41, 5.74) is 7.19. The van der Waals surface area contributed by atoms with Gasteiger partial charge in [0.25, 0.3) is 0 Å². The second-order valence-corrected chi connectivity index (χ2v) is 7.31. The van der Waals surface area contributed by atoms with Crippen LogP contribution in [0.4, 0.5) is 0 Å². The molecular formula is C15H27N3S. The van der Waals surface area contributed by atoms with Crippen LogP contribution in [0.3, 0.4) is 0 Å². The van der Waals surface area contributed by atoms with E-state index in [4.69, 9.17) is 5.73 Å². The Hall–Kier alpha value is -0.420. The summed E-state index contributed by atoms with van der Waals surface area (Å²) in [6, 6.07) is 2.29. The van der Waals surface area contributed by atoms with Gasteiger partial charge in [-0.25, -0.2) is 0 Å². The van der Waals surface area contributed by atoms with Crippen LogP contribution in [0.5, 0.6) is 0 Å². The highest BCUT2D eigenvalue weighted by Crippen LogP contribution is 2.23. The summed E-state index contributed by atoms with van der Waals surface area (Å²) in [5.74, 6) is 0.776. The van der Waals surface area contributed by atoms with Gasteiger partial charge in [-0.1, -0.05) is 13.8 Å². The van der Waals surface area contributed by atoms with Crippen molar-refractivity contribution in [3.8, 4) is 0 Å². The zero-order valence-corrected chi connectivity index (χ0v) is 13.3. The maximum absolute atomic E-state index is 5.72. The highest BCUT2D eigenvalue weighted by atomic mass is 32.1. The Morgan fingerprint density at radius 1 is 1.21 bits per heavy atom. The monoisotopic (exact) mass is 281 g/mol. The minimum absolute atomic E-state index is 0.674. The molecule has 0 spiro atoms. The van der Waals surface area contributed by atoms with Gasteiger partial charge >= 0.3 is 0 Å². The molecule has 0 aromatic carbocycles. The van der Waals surface area contributed by atoms with E-state index in [1.807, 2.05) is 11.3 Å². The van der Waals surface area contributed by atoms with E-state index >= 15 is 0 Å². The molecule has 1 saturated heterocycles. The molecule has 4 heteroatoms. The molecule has 0 bridgehead atoms. The predicted octanol–water partition coefficient (Wildman–Crippen LogP) is 2.29. The average Bonchev–Trinajstić information content (AvgIpc) is 2.72. The van der Waals surface area contributed by atoms with E-state index in [0.29, 0.717) is 6.54 Å². The van der Waals surface area contributed by atoms with E-state index < -0.39 is 0 Å². The summed E-state index contributed by atoms with van der Waals surface area (Å²) >= 11 is 1.85. The number of nitrogens with zero attached hydrogens (tertiary/aromatic N) is 2. The lowest BCUT2D eigenvalue weighted by molar-refractivity contribution is 0.117. The first kappa shape index (κ1) is 15.0. The van der Waals surface area contributed by atoms with Gasteiger partial charge in [0.05, 0.1) is 0 Å². The molecule has 1 aliphatic heterocycles. The third kappa shape index (κ3) is 4.28. The van der Waals surface area contributed by atoms with Gasteiger partial charge in [-0.05, 0) is 24.5 Å². The molecule has 108 valence electrons. The molecule has 2 heterocycles. The van der Waals surface area contributed by atoms with Gasteiger partial charge in [0.1, 0.15) is 0 Å². The van der Waals surface area contributed by atoms with Crippen molar-refractivity contribution in [3.63, 3.8) is 0 Å². The van der Waals surface area contributed by atoms with Gasteiger partial charge < -0.3 is 10.6 Å². The molecule has 19 heavy (non-hydrogen) atoms. The largest absolute Gasteiger partial charge is 0.326 e. The van der Waals surface area contributed by atoms with E-state index in [9.17, 15) is 0 Å². The SMILES string of the molecule is Cc1sc(CN)cc1CN1CCN(CC(C)C)CC1. The summed E-state index contributed by atoms with van der Waals surface area (Å²) in [6.45, 7) is 14.6. The minimum atomic E-state index is 0.674. The van der Waals surface area contributed by atoms with Crippen molar-refractivity contribution in [3.05, 3.63) is 21.4 Å². The van der Waals surface area contributed by atoms with Crippen molar-refractivity contribution in [1.29, 1.82) is 0 Å². The molecule has 1 aromatic heterocycles. The molecule has 0 aliphatic carbocycles. The molecule has 1 fully saturated rings. The first-order chi connectivity index (χ1) is 9.08. The number of nitrogens with two attached hydrogens (primary N) is 1. The van der Waals surface area contributed by atoms with Gasteiger partial charge in [0, 0.05) is 55.6 Å². The van der Waals surface area contributed by atoms with Crippen LogP contribution < -0.4 is 5.73 Å². The van der Waals surface area contributed by atoms with Crippen LogP contribution in [-0.2, 0) is 13.1 Å². The minimum Gasteiger partial charge on any atom is -0.326 e. The lowest BCUT2D eigenvalue weighted by atomic mass is 10.1. The number of hydrogen-bond acceptors (Lipinski definition) is 4. The number of aryl methyl sites for hydroxylation is 1. The Balaban J connectivity index is 1.83. The summed E-state index contributed by atoms with van der Waals surface area (Å²) in [7, 11) is 0. The lowest BCUT2D eigenvalue weighted by Gasteiger charge is -2.35. The van der Waals surface area contributed by atoms with Gasteiger partial charge in [-0.2, -0.15) is 0 Å². The number of thiophene rings is 1. The Bertz CT molecular complexity index is 392. The van der Waals surface area contributed by atoms with Gasteiger partial charge in [0.15, 0.2) is 0 Å². The molecule has 0 amide bonds. The topological polar surface area (TPSA) is 32.5 Å². The summed E-state index contributed by atoms with van der Waals surface area (Å²) in [6.07, 6.45) is 0. The molecule has 3 nitrogen and oxygen atoms in total. The van der Waals surface area contributed by atoms with Crippen molar-refractivity contribution in [2.45, 2.75) is 33.9 Å². The second kappa shape index (κ2) is 6.84. The molecular weight excluding hydrogens is 254 g/mol. The van der Waals surface area contributed by atoms with Crippen molar-refractivity contribution in [2.75, 3.05) is 32.7 Å². The van der Waals surface area contributed by atoms with E-state index in [1.54, 1.807) is 0 Å². The summed E-state index contributed by atoms with van der Waals surface area (Å²) in [5, 5.41) is 0. The summed E-state index contributed by atoms with van der Waals surface area (Å²) < 4.78 is 0. The fraction of sp³-hybridized carbons (Fsp3) is 0.733. The van der Waals surface area contributed by atoms with Crippen LogP contribution in [0.2, 0.25) is 0 Å². The lowest BCUT2D eigenvalue weighted by Crippen LogP contribution is -2.46. The van der Waals surface area contributed by atoms with E-state index in [0.717, 1.165) is 12.5 Å². The van der Waals surface area contributed by atoms with E-state index in [1.165, 1.54) is 48.0 Å². The maximum Gasteiger partial charge on any atom is 0.0274 e. The molecule has 0 saturated carbocycles. The third-order valence-corrected chi connectivity index (χ3v) is 4.87. The number of piperazine rings is 1. The standard InChI is InChI=1S/C15H27N3S/c1-12(2)10-17-4-6-18(7-5-17)11-14-8-15(9-16)19-13(14)3/h8,12H,4-7,9-11,16H2,1-3H3. The molecule has 1 aromatic rings. The van der Waals surface area contributed by atoms with Crippen molar-refractivity contribution < 1.29 is 0 Å². The van der Waals surface area contributed by atoms with Gasteiger partial charge in [-0.15, -0.1) is 11.3 Å². The first-order valence-corrected chi connectivity index (χ1v) is 8.13. The fourth-order valence-corrected chi connectivity index (χ4v) is 3.66. The molecule has 0 unspecified atom stereocenters. The molecule has 2 rings (SSSR count). The molecule has 1 aliphatic rings. The molecule has 2 N–H and O–H groups in total. The Morgan fingerprint density at radius 3 is 2.37 bits per heavy atom. The van der Waals surface area contributed by atoms with Gasteiger partial charge in [-0.3, -0.25) is 4.90 Å². The van der Waals surface area contributed by atoms with Crippen LogP contribution in [0.15, 0.2) is 6.07 Å². The third-order valence-electron chi connectivity index (χ3n) is 3.76. The average molecular weight is 281 g/mol. The predicted molar refractivity (Wildman–Crippen MR) is 83.5 cm³/mol. The zero-order chi connectivity index (χ0) is 13.8. The number of rotatable bonds is 5. The molecule has 0 atom stereocenters. The normalized spacial score (nSPS) is 18.4. The second-order valence-electron chi connectivity index (χ2n) is 5.97. The molecule has 0 radical (unpaired) electrons. The smallest absolute Gasteiger partial charge is 0.0274 e. The highest BCUT2D eigenvalue weighted by Gasteiger charge is 2.18. The van der Waals surface area contributed by atoms with Crippen LogP contribution in [-0.4, -0.2) is 42.5 Å². The van der Waals surface area contributed by atoms with E-state index in [-0.39, 0.29) is 0 Å².